The van der Waals surface area contributed by atoms with Crippen LogP contribution in [-0.4, -0.2) is 25.1 Å². The van der Waals surface area contributed by atoms with Gasteiger partial charge in [-0.25, -0.2) is 4.99 Å². The molecule has 3 rings (SSSR count). The molecule has 1 aromatic rings. The molecule has 2 aliphatic heterocycles. The van der Waals surface area contributed by atoms with Gasteiger partial charge in [-0.2, -0.15) is 0 Å². The van der Waals surface area contributed by atoms with Crippen molar-refractivity contribution < 1.29 is 4.74 Å². The number of halogens is 1. The van der Waals surface area contributed by atoms with Crippen molar-refractivity contribution >= 4 is 18.3 Å². The highest BCUT2D eigenvalue weighted by atomic mass is 35.5. The number of hydrogen-bond donors (Lipinski definition) is 1. The molecule has 2 atom stereocenters. The minimum absolute atomic E-state index is 0. The van der Waals surface area contributed by atoms with Crippen molar-refractivity contribution in [1.29, 1.82) is 0 Å². The van der Waals surface area contributed by atoms with Crippen molar-refractivity contribution in [2.24, 2.45) is 4.99 Å². The number of nitrogens with zero attached hydrogens (tertiary/aromatic N) is 1. The van der Waals surface area contributed by atoms with Gasteiger partial charge in [0.1, 0.15) is 12.6 Å². The highest BCUT2D eigenvalue weighted by Crippen LogP contribution is 2.24. The Balaban J connectivity index is 0.00000108. The van der Waals surface area contributed by atoms with E-state index >= 15 is 0 Å². The summed E-state index contributed by atoms with van der Waals surface area (Å²) < 4.78 is 5.69. The second kappa shape index (κ2) is 5.52. The van der Waals surface area contributed by atoms with Crippen molar-refractivity contribution in [2.75, 3.05) is 13.2 Å². The Kier molecular flexibility index (Phi) is 4.02. The first-order valence-electron chi connectivity index (χ1n) is 5.92. The highest BCUT2D eigenvalue weighted by molar-refractivity contribution is 5.85. The average molecular weight is 253 g/mol. The zero-order valence-electron chi connectivity index (χ0n) is 9.63. The van der Waals surface area contributed by atoms with Crippen molar-refractivity contribution in [3.8, 4) is 0 Å². The Morgan fingerprint density at radius 2 is 2.06 bits per heavy atom. The lowest BCUT2D eigenvalue weighted by Crippen LogP contribution is -2.30. The molecule has 0 radical (unpaired) electrons. The van der Waals surface area contributed by atoms with Crippen LogP contribution in [0.4, 0.5) is 0 Å². The van der Waals surface area contributed by atoms with E-state index in [4.69, 9.17) is 4.74 Å². The van der Waals surface area contributed by atoms with E-state index in [2.05, 4.69) is 34.6 Å². The van der Waals surface area contributed by atoms with Crippen LogP contribution in [0.1, 0.15) is 24.4 Å². The predicted molar refractivity (Wildman–Crippen MR) is 70.8 cm³/mol. The summed E-state index contributed by atoms with van der Waals surface area (Å²) in [4.78, 5) is 4.67. The van der Waals surface area contributed by atoms with Crippen LogP contribution < -0.4 is 5.32 Å². The minimum Gasteiger partial charge on any atom is -0.477 e. The fourth-order valence-electron chi connectivity index (χ4n) is 2.32. The summed E-state index contributed by atoms with van der Waals surface area (Å²) >= 11 is 0. The molecule has 3 nitrogen and oxygen atoms in total. The molecule has 0 spiro atoms. The second-order valence-corrected chi connectivity index (χ2v) is 4.35. The van der Waals surface area contributed by atoms with Crippen molar-refractivity contribution in [3.05, 3.63) is 35.9 Å². The Hall–Kier alpha value is -1.06. The molecule has 1 N–H and O–H groups in total. The third-order valence-corrected chi connectivity index (χ3v) is 3.21. The Morgan fingerprint density at radius 3 is 2.76 bits per heavy atom. The summed E-state index contributed by atoms with van der Waals surface area (Å²) in [5.41, 5.74) is 1.25. The molecule has 0 saturated carbocycles. The third-order valence-electron chi connectivity index (χ3n) is 3.21. The Morgan fingerprint density at radius 1 is 1.24 bits per heavy atom. The molecule has 0 unspecified atom stereocenters. The Labute approximate surface area is 108 Å². The highest BCUT2D eigenvalue weighted by Gasteiger charge is 2.28. The maximum atomic E-state index is 5.69. The normalized spacial score (nSPS) is 27.2. The molecule has 92 valence electrons. The zero-order valence-corrected chi connectivity index (χ0v) is 10.5. The number of ether oxygens (including phenoxy) is 1. The lowest BCUT2D eigenvalue weighted by molar-refractivity contribution is 0.304. The SMILES string of the molecule is Cl.c1ccc([C@H]2COC([C@@H]3CCCN3)=N2)cc1. The van der Waals surface area contributed by atoms with Gasteiger partial charge in [-0.1, -0.05) is 30.3 Å². The average Bonchev–Trinajstić information content (AvgIpc) is 3.01. The van der Waals surface area contributed by atoms with Crippen LogP contribution in [0.3, 0.4) is 0 Å². The van der Waals surface area contributed by atoms with Gasteiger partial charge in [0, 0.05) is 0 Å². The fraction of sp³-hybridized carbons (Fsp3) is 0.462. The monoisotopic (exact) mass is 252 g/mol. The molecule has 0 aliphatic carbocycles. The standard InChI is InChI=1S/C13H16N2O.ClH/c1-2-5-10(6-3-1)12-9-16-13(15-12)11-7-4-8-14-11;/h1-3,5-6,11-12,14H,4,7-9H2;1H/t11-,12+;/m0./s1. The predicted octanol–water partition coefficient (Wildman–Crippen LogP) is 2.33. The van der Waals surface area contributed by atoms with Crippen LogP contribution in [-0.2, 0) is 4.74 Å². The first-order chi connectivity index (χ1) is 7.93. The quantitative estimate of drug-likeness (QED) is 0.877. The number of hydrogen-bond acceptors (Lipinski definition) is 3. The number of rotatable bonds is 2. The molecule has 0 bridgehead atoms. The lowest BCUT2D eigenvalue weighted by Gasteiger charge is -2.08. The van der Waals surface area contributed by atoms with E-state index in [0.29, 0.717) is 12.6 Å². The van der Waals surface area contributed by atoms with Gasteiger partial charge in [0.15, 0.2) is 0 Å². The van der Waals surface area contributed by atoms with Crippen LogP contribution >= 0.6 is 12.4 Å². The van der Waals surface area contributed by atoms with E-state index in [1.165, 1.54) is 12.0 Å². The molecule has 1 fully saturated rings. The van der Waals surface area contributed by atoms with Crippen molar-refractivity contribution in [3.63, 3.8) is 0 Å². The molecule has 4 heteroatoms. The van der Waals surface area contributed by atoms with Crippen molar-refractivity contribution in [2.45, 2.75) is 24.9 Å². The van der Waals surface area contributed by atoms with Gasteiger partial charge in [0.25, 0.3) is 0 Å². The first kappa shape index (κ1) is 12.4. The molecular formula is C13H17ClN2O. The Bertz CT molecular complexity index is 388. The van der Waals surface area contributed by atoms with E-state index in [1.807, 2.05) is 6.07 Å². The van der Waals surface area contributed by atoms with Gasteiger partial charge < -0.3 is 10.1 Å². The molecular weight excluding hydrogens is 236 g/mol. The van der Waals surface area contributed by atoms with E-state index in [1.54, 1.807) is 0 Å². The molecule has 2 heterocycles. The summed E-state index contributed by atoms with van der Waals surface area (Å²) in [5.74, 6) is 0.909. The molecule has 1 saturated heterocycles. The first-order valence-corrected chi connectivity index (χ1v) is 5.92. The smallest absolute Gasteiger partial charge is 0.201 e. The summed E-state index contributed by atoms with van der Waals surface area (Å²) in [5, 5.41) is 3.41. The largest absolute Gasteiger partial charge is 0.477 e. The van der Waals surface area contributed by atoms with Crippen LogP contribution in [0.2, 0.25) is 0 Å². The van der Waals surface area contributed by atoms with Gasteiger partial charge >= 0.3 is 0 Å². The molecule has 1 aromatic carbocycles. The van der Waals surface area contributed by atoms with Crippen LogP contribution in [0.5, 0.6) is 0 Å². The third kappa shape index (κ3) is 2.61. The summed E-state index contributed by atoms with van der Waals surface area (Å²) in [7, 11) is 0. The van der Waals surface area contributed by atoms with Crippen LogP contribution in [0.25, 0.3) is 0 Å². The van der Waals surface area contributed by atoms with Gasteiger partial charge in [-0.05, 0) is 24.9 Å². The topological polar surface area (TPSA) is 33.6 Å². The van der Waals surface area contributed by atoms with E-state index in [-0.39, 0.29) is 18.4 Å². The number of nitrogens with one attached hydrogen (secondary N) is 1. The summed E-state index contributed by atoms with van der Waals surface area (Å²) in [6, 6.07) is 10.9. The van der Waals surface area contributed by atoms with Crippen LogP contribution in [0.15, 0.2) is 35.3 Å². The van der Waals surface area contributed by atoms with Crippen molar-refractivity contribution in [1.82, 2.24) is 5.32 Å². The minimum atomic E-state index is 0. The van der Waals surface area contributed by atoms with Gasteiger partial charge in [0.05, 0.1) is 6.04 Å². The number of benzene rings is 1. The molecule has 2 aliphatic rings. The second-order valence-electron chi connectivity index (χ2n) is 4.35. The van der Waals surface area contributed by atoms with Crippen LogP contribution in [0, 0.1) is 0 Å². The summed E-state index contributed by atoms with van der Waals surface area (Å²) in [6.45, 7) is 1.78. The lowest BCUT2D eigenvalue weighted by atomic mass is 10.1. The van der Waals surface area contributed by atoms with Gasteiger partial charge in [0.2, 0.25) is 5.90 Å². The maximum absolute atomic E-state index is 5.69. The van der Waals surface area contributed by atoms with E-state index < -0.39 is 0 Å². The van der Waals surface area contributed by atoms with Gasteiger partial charge in [-0.3, -0.25) is 0 Å². The molecule has 0 amide bonds. The fourth-order valence-corrected chi connectivity index (χ4v) is 2.32. The molecule has 0 aromatic heterocycles. The van der Waals surface area contributed by atoms with E-state index in [9.17, 15) is 0 Å². The molecule has 17 heavy (non-hydrogen) atoms. The summed E-state index contributed by atoms with van der Waals surface area (Å²) in [6.07, 6.45) is 2.38. The van der Waals surface area contributed by atoms with E-state index in [0.717, 1.165) is 18.9 Å². The maximum Gasteiger partial charge on any atom is 0.201 e. The zero-order chi connectivity index (χ0) is 10.8. The van der Waals surface area contributed by atoms with Gasteiger partial charge in [-0.15, -0.1) is 12.4 Å². The number of aliphatic imine (C=N–C) groups is 1.